The number of nitrogens with one attached hydrogen (secondary N) is 1. The van der Waals surface area contributed by atoms with Crippen molar-refractivity contribution < 1.29 is 5.11 Å². The minimum Gasteiger partial charge on any atom is -0.389 e. The highest BCUT2D eigenvalue weighted by atomic mass is 16.3. The van der Waals surface area contributed by atoms with E-state index < -0.39 is 6.10 Å². The molecule has 4 aromatic rings. The second-order valence-electron chi connectivity index (χ2n) is 6.69. The second kappa shape index (κ2) is 7.22. The van der Waals surface area contributed by atoms with Crippen molar-refractivity contribution >= 4 is 27.5 Å². The number of aliphatic hydroxyl groups excluding tert-OH is 1. The van der Waals surface area contributed by atoms with Gasteiger partial charge in [0.2, 0.25) is 0 Å². The summed E-state index contributed by atoms with van der Waals surface area (Å²) in [6.07, 6.45) is 0.505. The number of aliphatic hydroxyl groups is 1. The van der Waals surface area contributed by atoms with Gasteiger partial charge in [-0.1, -0.05) is 61.5 Å². The van der Waals surface area contributed by atoms with E-state index in [0.717, 1.165) is 12.1 Å². The first-order valence-electron chi connectivity index (χ1n) is 9.23. The van der Waals surface area contributed by atoms with Crippen LogP contribution in [-0.2, 0) is 13.0 Å². The SMILES string of the molecule is CCc1ccccc1NCC(O)Cn1c2ccccc2c2ccccc21. The molecule has 1 heterocycles. The van der Waals surface area contributed by atoms with Gasteiger partial charge in [-0.15, -0.1) is 0 Å². The predicted octanol–water partition coefficient (Wildman–Crippen LogP) is 4.83. The monoisotopic (exact) mass is 344 g/mol. The Balaban J connectivity index is 1.58. The third-order valence-electron chi connectivity index (χ3n) is 5.00. The fourth-order valence-electron chi connectivity index (χ4n) is 3.70. The molecule has 4 rings (SSSR count). The minimum atomic E-state index is -0.473. The number of nitrogens with zero attached hydrogens (tertiary/aromatic N) is 1. The summed E-state index contributed by atoms with van der Waals surface area (Å²) in [7, 11) is 0. The number of aryl methyl sites for hydroxylation is 1. The van der Waals surface area contributed by atoms with E-state index in [1.165, 1.54) is 27.4 Å². The Morgan fingerprint density at radius 3 is 2.08 bits per heavy atom. The van der Waals surface area contributed by atoms with Crippen LogP contribution >= 0.6 is 0 Å². The summed E-state index contributed by atoms with van der Waals surface area (Å²) in [5.74, 6) is 0. The quantitative estimate of drug-likeness (QED) is 0.526. The maximum Gasteiger partial charge on any atom is 0.0891 e. The molecule has 132 valence electrons. The van der Waals surface area contributed by atoms with E-state index in [9.17, 15) is 5.11 Å². The van der Waals surface area contributed by atoms with Crippen molar-refractivity contribution in [3.63, 3.8) is 0 Å². The van der Waals surface area contributed by atoms with Gasteiger partial charge in [-0.3, -0.25) is 0 Å². The van der Waals surface area contributed by atoms with Crippen LogP contribution in [0.15, 0.2) is 72.8 Å². The molecule has 0 aliphatic heterocycles. The van der Waals surface area contributed by atoms with Crippen molar-refractivity contribution in [3.8, 4) is 0 Å². The van der Waals surface area contributed by atoms with Gasteiger partial charge in [0, 0.05) is 34.0 Å². The van der Waals surface area contributed by atoms with Gasteiger partial charge in [0.25, 0.3) is 0 Å². The molecular formula is C23H24N2O. The van der Waals surface area contributed by atoms with E-state index in [2.05, 4.69) is 83.5 Å². The molecule has 1 unspecified atom stereocenters. The normalized spacial score (nSPS) is 12.5. The Kier molecular flexibility index (Phi) is 4.63. The van der Waals surface area contributed by atoms with Crippen LogP contribution in [0.4, 0.5) is 5.69 Å². The van der Waals surface area contributed by atoms with Crippen LogP contribution in [0.25, 0.3) is 21.8 Å². The summed E-state index contributed by atoms with van der Waals surface area (Å²) in [5, 5.41) is 16.6. The largest absolute Gasteiger partial charge is 0.389 e. The van der Waals surface area contributed by atoms with Gasteiger partial charge in [-0.05, 0) is 30.2 Å². The zero-order chi connectivity index (χ0) is 17.9. The number of anilines is 1. The van der Waals surface area contributed by atoms with Gasteiger partial charge in [-0.2, -0.15) is 0 Å². The van der Waals surface area contributed by atoms with Crippen molar-refractivity contribution in [3.05, 3.63) is 78.4 Å². The standard InChI is InChI=1S/C23H24N2O/c1-2-17-9-3-6-12-21(17)24-15-18(26)16-25-22-13-7-4-10-19(22)20-11-5-8-14-23(20)25/h3-14,18,24,26H,2,15-16H2,1H3. The smallest absolute Gasteiger partial charge is 0.0891 e. The van der Waals surface area contributed by atoms with E-state index in [0.29, 0.717) is 13.1 Å². The lowest BCUT2D eigenvalue weighted by atomic mass is 10.1. The Hall–Kier alpha value is -2.78. The molecule has 1 aromatic heterocycles. The van der Waals surface area contributed by atoms with Crippen LogP contribution < -0.4 is 5.32 Å². The number of para-hydroxylation sites is 3. The Labute approximate surface area is 153 Å². The van der Waals surface area contributed by atoms with Crippen molar-refractivity contribution in [1.82, 2.24) is 4.57 Å². The predicted molar refractivity (Wildman–Crippen MR) is 110 cm³/mol. The molecule has 2 N–H and O–H groups in total. The molecule has 0 saturated carbocycles. The highest BCUT2D eigenvalue weighted by Gasteiger charge is 2.13. The second-order valence-corrected chi connectivity index (χ2v) is 6.69. The third-order valence-corrected chi connectivity index (χ3v) is 5.00. The van der Waals surface area contributed by atoms with E-state index in [1.54, 1.807) is 0 Å². The number of rotatable bonds is 6. The van der Waals surface area contributed by atoms with Crippen LogP contribution in [0.3, 0.4) is 0 Å². The van der Waals surface area contributed by atoms with Gasteiger partial charge in [-0.25, -0.2) is 0 Å². The first kappa shape index (κ1) is 16.7. The average Bonchev–Trinajstić information content (AvgIpc) is 3.01. The van der Waals surface area contributed by atoms with E-state index in [4.69, 9.17) is 0 Å². The van der Waals surface area contributed by atoms with Crippen molar-refractivity contribution in [2.75, 3.05) is 11.9 Å². The lowest BCUT2D eigenvalue weighted by Gasteiger charge is -2.17. The summed E-state index contributed by atoms with van der Waals surface area (Å²) in [4.78, 5) is 0. The van der Waals surface area contributed by atoms with Gasteiger partial charge < -0.3 is 15.0 Å². The van der Waals surface area contributed by atoms with Gasteiger partial charge in [0.15, 0.2) is 0 Å². The summed E-state index contributed by atoms with van der Waals surface area (Å²) in [6, 6.07) is 25.1. The topological polar surface area (TPSA) is 37.2 Å². The van der Waals surface area contributed by atoms with E-state index in [-0.39, 0.29) is 0 Å². The molecule has 0 amide bonds. The maximum atomic E-state index is 10.7. The van der Waals surface area contributed by atoms with Crippen LogP contribution in [-0.4, -0.2) is 22.3 Å². The maximum absolute atomic E-state index is 10.7. The third kappa shape index (κ3) is 3.06. The summed E-state index contributed by atoms with van der Waals surface area (Å²) in [5.41, 5.74) is 4.72. The summed E-state index contributed by atoms with van der Waals surface area (Å²) < 4.78 is 2.22. The zero-order valence-electron chi connectivity index (χ0n) is 15.0. The molecule has 0 fully saturated rings. The van der Waals surface area contributed by atoms with Crippen molar-refractivity contribution in [2.45, 2.75) is 26.0 Å². The highest BCUT2D eigenvalue weighted by Crippen LogP contribution is 2.28. The lowest BCUT2D eigenvalue weighted by molar-refractivity contribution is 0.169. The Morgan fingerprint density at radius 2 is 1.42 bits per heavy atom. The number of fused-ring (bicyclic) bond motifs is 3. The Morgan fingerprint density at radius 1 is 0.846 bits per heavy atom. The van der Waals surface area contributed by atoms with Crippen LogP contribution in [0.5, 0.6) is 0 Å². The fraction of sp³-hybridized carbons (Fsp3) is 0.217. The van der Waals surface area contributed by atoms with E-state index >= 15 is 0 Å². The van der Waals surface area contributed by atoms with Gasteiger partial charge in [0.05, 0.1) is 12.6 Å². The highest BCUT2D eigenvalue weighted by molar-refractivity contribution is 6.07. The molecule has 0 radical (unpaired) electrons. The molecule has 3 heteroatoms. The van der Waals surface area contributed by atoms with Crippen LogP contribution in [0.2, 0.25) is 0 Å². The van der Waals surface area contributed by atoms with Gasteiger partial charge >= 0.3 is 0 Å². The molecule has 0 aliphatic carbocycles. The first-order chi connectivity index (χ1) is 12.8. The number of hydrogen-bond acceptors (Lipinski definition) is 2. The minimum absolute atomic E-state index is 0.473. The molecule has 1 atom stereocenters. The summed E-state index contributed by atoms with van der Waals surface area (Å²) in [6.45, 7) is 3.24. The molecule has 0 aliphatic rings. The molecule has 26 heavy (non-hydrogen) atoms. The van der Waals surface area contributed by atoms with E-state index in [1.807, 2.05) is 6.07 Å². The fourth-order valence-corrected chi connectivity index (χ4v) is 3.70. The Bertz CT molecular complexity index is 981. The van der Waals surface area contributed by atoms with Crippen molar-refractivity contribution in [2.24, 2.45) is 0 Å². The number of hydrogen-bond donors (Lipinski definition) is 2. The van der Waals surface area contributed by atoms with Crippen LogP contribution in [0, 0.1) is 0 Å². The first-order valence-corrected chi connectivity index (χ1v) is 9.23. The molecule has 3 nitrogen and oxygen atoms in total. The average molecular weight is 344 g/mol. The molecule has 0 spiro atoms. The molecule has 0 bridgehead atoms. The van der Waals surface area contributed by atoms with Crippen molar-refractivity contribution in [1.29, 1.82) is 0 Å². The molecule has 0 saturated heterocycles. The number of benzene rings is 3. The zero-order valence-corrected chi connectivity index (χ0v) is 15.0. The summed E-state index contributed by atoms with van der Waals surface area (Å²) >= 11 is 0. The molecule has 3 aromatic carbocycles. The van der Waals surface area contributed by atoms with Crippen LogP contribution in [0.1, 0.15) is 12.5 Å². The lowest BCUT2D eigenvalue weighted by Crippen LogP contribution is -2.25. The molecular weight excluding hydrogens is 320 g/mol. The van der Waals surface area contributed by atoms with Gasteiger partial charge in [0.1, 0.15) is 0 Å². The number of aromatic nitrogens is 1.